The Morgan fingerprint density at radius 2 is 1.81 bits per heavy atom. The van der Waals surface area contributed by atoms with Gasteiger partial charge in [0.05, 0.1) is 0 Å². The lowest BCUT2D eigenvalue weighted by atomic mass is 9.84. The van der Waals surface area contributed by atoms with E-state index in [0.717, 1.165) is 30.6 Å². The first-order valence-electron chi connectivity index (χ1n) is 5.79. The highest BCUT2D eigenvalue weighted by molar-refractivity contribution is 6.44. The largest absolute Gasteiger partial charge is 0.331 e. The predicted molar refractivity (Wildman–Crippen MR) is 56.4 cm³/mol. The van der Waals surface area contributed by atoms with E-state index in [9.17, 15) is 14.4 Å². The summed E-state index contributed by atoms with van der Waals surface area (Å²) >= 11 is 0. The van der Waals surface area contributed by atoms with Crippen molar-refractivity contribution in [3.05, 3.63) is 0 Å². The Bertz CT molecular complexity index is 334. The Balaban J connectivity index is 2.08. The van der Waals surface area contributed by atoms with Crippen molar-refractivity contribution in [3.8, 4) is 0 Å². The maximum absolute atomic E-state index is 11.5. The average molecular weight is 224 g/mol. The maximum Gasteiger partial charge on any atom is 0.331 e. The molecule has 0 spiro atoms. The number of hydrogen-bond acceptors (Lipinski definition) is 3. The molecule has 1 aliphatic heterocycles. The number of imide groups is 2. The highest BCUT2D eigenvalue weighted by atomic mass is 16.2. The quantitative estimate of drug-likeness (QED) is 0.562. The Morgan fingerprint density at radius 1 is 1.19 bits per heavy atom. The van der Waals surface area contributed by atoms with Crippen LogP contribution in [0.4, 0.5) is 4.79 Å². The molecule has 1 atom stereocenters. The third-order valence-electron chi connectivity index (χ3n) is 3.59. The second-order valence-electron chi connectivity index (χ2n) is 4.57. The van der Waals surface area contributed by atoms with Crippen LogP contribution < -0.4 is 5.32 Å². The number of urea groups is 1. The first-order chi connectivity index (χ1) is 7.61. The number of nitrogens with zero attached hydrogens (tertiary/aromatic N) is 1. The topological polar surface area (TPSA) is 66.5 Å². The standard InChI is InChI=1S/C11H16N2O3/c1-7(8-5-3-2-4-6-8)13-10(15)9(14)12-11(13)16/h7-8H,2-6H2,1H3,(H,12,14,16). The maximum atomic E-state index is 11.5. The van der Waals surface area contributed by atoms with Gasteiger partial charge in [0.2, 0.25) is 0 Å². The smallest absolute Gasteiger partial charge is 0.269 e. The van der Waals surface area contributed by atoms with Gasteiger partial charge in [0, 0.05) is 6.04 Å². The number of amides is 4. The van der Waals surface area contributed by atoms with Crippen LogP contribution in [0.25, 0.3) is 0 Å². The number of rotatable bonds is 2. The molecule has 0 aromatic rings. The van der Waals surface area contributed by atoms with Crippen LogP contribution in [0.5, 0.6) is 0 Å². The molecule has 1 heterocycles. The molecule has 2 aliphatic rings. The second kappa shape index (κ2) is 4.23. The van der Waals surface area contributed by atoms with Crippen molar-refractivity contribution in [2.45, 2.75) is 45.1 Å². The number of carbonyl (C=O) groups is 3. The number of nitrogens with one attached hydrogen (secondary N) is 1. The van der Waals surface area contributed by atoms with Gasteiger partial charge in [-0.1, -0.05) is 19.3 Å². The monoisotopic (exact) mass is 224 g/mol. The van der Waals surface area contributed by atoms with Crippen molar-refractivity contribution in [1.29, 1.82) is 0 Å². The zero-order valence-corrected chi connectivity index (χ0v) is 9.36. The van der Waals surface area contributed by atoms with E-state index in [0.29, 0.717) is 5.92 Å². The minimum absolute atomic E-state index is 0.167. The SMILES string of the molecule is CC(C1CCCCC1)N1C(=O)NC(=O)C1=O. The number of hydrogen-bond donors (Lipinski definition) is 1. The average Bonchev–Trinajstić information content (AvgIpc) is 2.54. The molecule has 2 fully saturated rings. The van der Waals surface area contributed by atoms with Gasteiger partial charge in [-0.3, -0.25) is 19.8 Å². The normalized spacial score (nSPS) is 24.8. The summed E-state index contributed by atoms with van der Waals surface area (Å²) < 4.78 is 0. The Hall–Kier alpha value is -1.39. The molecule has 88 valence electrons. The summed E-state index contributed by atoms with van der Waals surface area (Å²) in [6.45, 7) is 1.85. The third-order valence-corrected chi connectivity index (χ3v) is 3.59. The van der Waals surface area contributed by atoms with E-state index >= 15 is 0 Å². The van der Waals surface area contributed by atoms with Crippen LogP contribution >= 0.6 is 0 Å². The van der Waals surface area contributed by atoms with Crippen LogP contribution in [0.1, 0.15) is 39.0 Å². The van der Waals surface area contributed by atoms with Crippen LogP contribution in [0.15, 0.2) is 0 Å². The summed E-state index contributed by atoms with van der Waals surface area (Å²) in [4.78, 5) is 35.1. The molecule has 1 saturated heterocycles. The van der Waals surface area contributed by atoms with Crippen LogP contribution in [-0.2, 0) is 9.59 Å². The van der Waals surface area contributed by atoms with Gasteiger partial charge in [-0.25, -0.2) is 4.79 Å². The zero-order chi connectivity index (χ0) is 11.7. The zero-order valence-electron chi connectivity index (χ0n) is 9.36. The Morgan fingerprint density at radius 3 is 2.31 bits per heavy atom. The molecule has 1 N–H and O–H groups in total. The molecule has 2 rings (SSSR count). The van der Waals surface area contributed by atoms with E-state index in [1.807, 2.05) is 12.2 Å². The van der Waals surface area contributed by atoms with E-state index in [2.05, 4.69) is 0 Å². The van der Waals surface area contributed by atoms with Gasteiger partial charge in [-0.15, -0.1) is 0 Å². The molecule has 5 nitrogen and oxygen atoms in total. The molecule has 16 heavy (non-hydrogen) atoms. The van der Waals surface area contributed by atoms with E-state index in [-0.39, 0.29) is 6.04 Å². The highest BCUT2D eigenvalue weighted by Crippen LogP contribution is 2.29. The van der Waals surface area contributed by atoms with Crippen LogP contribution in [0, 0.1) is 5.92 Å². The van der Waals surface area contributed by atoms with Gasteiger partial charge in [-0.2, -0.15) is 0 Å². The van der Waals surface area contributed by atoms with Gasteiger partial charge >= 0.3 is 17.8 Å². The summed E-state index contributed by atoms with van der Waals surface area (Å²) in [5.74, 6) is -1.16. The van der Waals surface area contributed by atoms with Crippen molar-refractivity contribution in [2.75, 3.05) is 0 Å². The van der Waals surface area contributed by atoms with E-state index in [1.54, 1.807) is 0 Å². The molecule has 0 radical (unpaired) electrons. The molecule has 1 aliphatic carbocycles. The molecule has 1 unspecified atom stereocenters. The van der Waals surface area contributed by atoms with Gasteiger partial charge in [0.15, 0.2) is 0 Å². The fourth-order valence-corrected chi connectivity index (χ4v) is 2.61. The molecule has 5 heteroatoms. The van der Waals surface area contributed by atoms with Crippen LogP contribution in [0.3, 0.4) is 0 Å². The lowest BCUT2D eigenvalue weighted by Crippen LogP contribution is -2.43. The fraction of sp³-hybridized carbons (Fsp3) is 0.727. The van der Waals surface area contributed by atoms with Crippen LogP contribution in [-0.4, -0.2) is 28.8 Å². The first kappa shape index (κ1) is 11.1. The van der Waals surface area contributed by atoms with Crippen molar-refractivity contribution in [3.63, 3.8) is 0 Å². The van der Waals surface area contributed by atoms with Crippen molar-refractivity contribution in [2.24, 2.45) is 5.92 Å². The molecule has 0 aromatic carbocycles. The minimum Gasteiger partial charge on any atom is -0.269 e. The Kier molecular flexibility index (Phi) is 2.94. The summed E-state index contributed by atoms with van der Waals surface area (Å²) in [5.41, 5.74) is 0. The third kappa shape index (κ3) is 1.81. The number of carbonyl (C=O) groups excluding carboxylic acids is 3. The lowest BCUT2D eigenvalue weighted by molar-refractivity contribution is -0.141. The van der Waals surface area contributed by atoms with Gasteiger partial charge < -0.3 is 0 Å². The molecule has 1 saturated carbocycles. The van der Waals surface area contributed by atoms with Gasteiger partial charge in [0.1, 0.15) is 0 Å². The van der Waals surface area contributed by atoms with E-state index in [4.69, 9.17) is 0 Å². The fourth-order valence-electron chi connectivity index (χ4n) is 2.61. The van der Waals surface area contributed by atoms with Gasteiger partial charge in [-0.05, 0) is 25.7 Å². The highest BCUT2D eigenvalue weighted by Gasteiger charge is 2.42. The molecule has 0 aromatic heterocycles. The summed E-state index contributed by atoms with van der Waals surface area (Å²) in [5, 5.41) is 2.04. The summed E-state index contributed by atoms with van der Waals surface area (Å²) in [6, 6.07) is -0.729. The summed E-state index contributed by atoms with van der Waals surface area (Å²) in [6.07, 6.45) is 5.58. The summed E-state index contributed by atoms with van der Waals surface area (Å²) in [7, 11) is 0. The van der Waals surface area contributed by atoms with Crippen LogP contribution in [0.2, 0.25) is 0 Å². The predicted octanol–water partition coefficient (Wildman–Crippen LogP) is 1.03. The lowest BCUT2D eigenvalue weighted by Gasteiger charge is -2.31. The second-order valence-corrected chi connectivity index (χ2v) is 4.57. The van der Waals surface area contributed by atoms with E-state index in [1.165, 1.54) is 6.42 Å². The van der Waals surface area contributed by atoms with E-state index < -0.39 is 17.8 Å². The first-order valence-corrected chi connectivity index (χ1v) is 5.79. The minimum atomic E-state index is -0.798. The van der Waals surface area contributed by atoms with Crippen molar-refractivity contribution < 1.29 is 14.4 Å². The molecule has 4 amide bonds. The Labute approximate surface area is 94.2 Å². The van der Waals surface area contributed by atoms with Crippen molar-refractivity contribution >= 4 is 17.8 Å². The van der Waals surface area contributed by atoms with Gasteiger partial charge in [0.25, 0.3) is 0 Å². The molecule has 0 bridgehead atoms. The van der Waals surface area contributed by atoms with Crippen molar-refractivity contribution in [1.82, 2.24) is 10.2 Å². The molecular weight excluding hydrogens is 208 g/mol. The molecular formula is C11H16N2O3.